The van der Waals surface area contributed by atoms with E-state index >= 15 is 0 Å². The van der Waals surface area contributed by atoms with E-state index in [9.17, 15) is 9.90 Å². The van der Waals surface area contributed by atoms with Crippen molar-refractivity contribution in [3.05, 3.63) is 53.6 Å². The molecule has 38 heavy (non-hydrogen) atoms. The summed E-state index contributed by atoms with van der Waals surface area (Å²) in [6.07, 6.45) is 2.74. The van der Waals surface area contributed by atoms with Crippen LogP contribution in [-0.2, 0) is 4.74 Å². The molecule has 0 aliphatic carbocycles. The fraction of sp³-hybridized carbons (Fsp3) is 0.467. The number of aromatic amines is 1. The minimum atomic E-state index is -0.141. The zero-order valence-electron chi connectivity index (χ0n) is 22.2. The number of carbonyl (C=O) groups excluding carboxylic acids is 1. The summed E-state index contributed by atoms with van der Waals surface area (Å²) in [6, 6.07) is 13.9. The first-order chi connectivity index (χ1) is 18.5. The monoisotopic (exact) mass is 515 g/mol. The van der Waals surface area contributed by atoms with Crippen LogP contribution in [0.15, 0.2) is 47.5 Å². The molecular weight excluding hydrogens is 478 g/mol. The summed E-state index contributed by atoms with van der Waals surface area (Å²) in [5.74, 6) is 1.45. The Bertz CT molecular complexity index is 1330. The second-order valence-corrected chi connectivity index (χ2v) is 11.0. The molecule has 0 unspecified atom stereocenters. The molecule has 0 saturated carbocycles. The standard InChI is InChI=1S/C30H37N5O3/c1-3-26(32-22-7-9-23(10-8-22)35-17-20-15-34(2)16-21(20)18-35)28-25-13-19(6-11-27(25)33-30(28)37)29(36)31-14-24-5-4-12-38-24/h6-11,13,20-21,24,33,37H,3-5,12,14-18H2,1-2H3,(H,31,36)/t20-,21+,24-/m1/s1. The van der Waals surface area contributed by atoms with Crippen molar-refractivity contribution in [1.29, 1.82) is 0 Å². The summed E-state index contributed by atoms with van der Waals surface area (Å²) in [4.78, 5) is 25.7. The summed E-state index contributed by atoms with van der Waals surface area (Å²) in [5.41, 5.74) is 4.85. The van der Waals surface area contributed by atoms with Crippen molar-refractivity contribution in [3.63, 3.8) is 0 Å². The Morgan fingerprint density at radius 2 is 1.89 bits per heavy atom. The number of nitrogens with zero attached hydrogens (tertiary/aromatic N) is 3. The number of likely N-dealkylation sites (tertiary alicyclic amines) is 1. The Hall–Kier alpha value is -3.36. The molecule has 8 heteroatoms. The maximum atomic E-state index is 12.8. The van der Waals surface area contributed by atoms with Crippen LogP contribution in [0, 0.1) is 11.8 Å². The van der Waals surface area contributed by atoms with Crippen molar-refractivity contribution in [2.45, 2.75) is 32.3 Å². The number of anilines is 1. The van der Waals surface area contributed by atoms with Gasteiger partial charge in [0.05, 0.1) is 23.1 Å². The van der Waals surface area contributed by atoms with Crippen LogP contribution >= 0.6 is 0 Å². The third-order valence-corrected chi connectivity index (χ3v) is 8.33. The number of amides is 1. The van der Waals surface area contributed by atoms with E-state index in [4.69, 9.17) is 9.73 Å². The zero-order chi connectivity index (χ0) is 26.2. The van der Waals surface area contributed by atoms with Gasteiger partial charge in [-0.25, -0.2) is 0 Å². The van der Waals surface area contributed by atoms with E-state index in [1.165, 1.54) is 18.8 Å². The summed E-state index contributed by atoms with van der Waals surface area (Å²) in [6.45, 7) is 7.91. The molecular formula is C30H37N5O3. The molecule has 3 fully saturated rings. The van der Waals surface area contributed by atoms with Gasteiger partial charge in [0.25, 0.3) is 5.91 Å². The van der Waals surface area contributed by atoms with Crippen LogP contribution in [0.2, 0.25) is 0 Å². The Morgan fingerprint density at radius 1 is 1.13 bits per heavy atom. The van der Waals surface area contributed by atoms with E-state index in [2.05, 4.69) is 51.4 Å². The minimum absolute atomic E-state index is 0.0720. The number of carbonyl (C=O) groups is 1. The van der Waals surface area contributed by atoms with Gasteiger partial charge >= 0.3 is 0 Å². The zero-order valence-corrected chi connectivity index (χ0v) is 22.2. The Balaban J connectivity index is 1.21. The highest BCUT2D eigenvalue weighted by Gasteiger charge is 2.38. The fourth-order valence-corrected chi connectivity index (χ4v) is 6.37. The lowest BCUT2D eigenvalue weighted by Gasteiger charge is -2.21. The number of hydrogen-bond donors (Lipinski definition) is 3. The lowest BCUT2D eigenvalue weighted by Crippen LogP contribution is -2.31. The van der Waals surface area contributed by atoms with Crippen molar-refractivity contribution >= 4 is 33.9 Å². The Labute approximate surface area is 223 Å². The molecule has 0 spiro atoms. The summed E-state index contributed by atoms with van der Waals surface area (Å²) >= 11 is 0. The molecule has 200 valence electrons. The van der Waals surface area contributed by atoms with E-state index in [-0.39, 0.29) is 17.9 Å². The van der Waals surface area contributed by atoms with Crippen LogP contribution < -0.4 is 10.2 Å². The number of rotatable bonds is 7. The SMILES string of the molecule is CCC(=Nc1ccc(N2C[C@H]3CN(C)C[C@H]3C2)cc1)c1c(O)[nH]c2ccc(C(=O)NC[C@H]3CCCO3)cc12. The number of aromatic hydroxyl groups is 1. The Kier molecular flexibility index (Phi) is 6.84. The van der Waals surface area contributed by atoms with Gasteiger partial charge in [-0.2, -0.15) is 0 Å². The Morgan fingerprint density at radius 3 is 2.58 bits per heavy atom. The number of aliphatic imine (C=N–C) groups is 1. The van der Waals surface area contributed by atoms with Crippen LogP contribution in [0.5, 0.6) is 5.88 Å². The van der Waals surface area contributed by atoms with Gasteiger partial charge in [-0.3, -0.25) is 9.79 Å². The molecule has 1 aromatic heterocycles. The third-order valence-electron chi connectivity index (χ3n) is 8.33. The number of H-pyrrole nitrogens is 1. The third kappa shape index (κ3) is 4.90. The van der Waals surface area contributed by atoms with Gasteiger partial charge in [0.2, 0.25) is 0 Å². The van der Waals surface area contributed by atoms with Crippen molar-refractivity contribution in [2.24, 2.45) is 16.8 Å². The van der Waals surface area contributed by atoms with E-state index < -0.39 is 0 Å². The normalized spacial score (nSPS) is 23.9. The van der Waals surface area contributed by atoms with E-state index in [0.717, 1.165) is 66.7 Å². The van der Waals surface area contributed by atoms with Crippen LogP contribution in [0.3, 0.4) is 0 Å². The average molecular weight is 516 g/mol. The highest BCUT2D eigenvalue weighted by Crippen LogP contribution is 2.35. The van der Waals surface area contributed by atoms with Crippen molar-refractivity contribution in [3.8, 4) is 5.88 Å². The van der Waals surface area contributed by atoms with Gasteiger partial charge in [-0.15, -0.1) is 0 Å². The molecule has 3 atom stereocenters. The van der Waals surface area contributed by atoms with Gasteiger partial charge in [-0.1, -0.05) is 6.92 Å². The van der Waals surface area contributed by atoms with Gasteiger partial charge in [-0.05, 0) is 80.6 Å². The second kappa shape index (κ2) is 10.4. The quantitative estimate of drug-likeness (QED) is 0.408. The molecule has 6 rings (SSSR count). The first kappa shape index (κ1) is 24.9. The molecule has 3 aliphatic rings. The number of nitrogens with one attached hydrogen (secondary N) is 2. The summed E-state index contributed by atoms with van der Waals surface area (Å²) in [5, 5.41) is 14.6. The van der Waals surface area contributed by atoms with E-state index in [1.807, 2.05) is 19.1 Å². The number of hydrogen-bond acceptors (Lipinski definition) is 6. The maximum Gasteiger partial charge on any atom is 0.251 e. The predicted molar refractivity (Wildman–Crippen MR) is 151 cm³/mol. The van der Waals surface area contributed by atoms with Crippen molar-refractivity contribution < 1.29 is 14.6 Å². The molecule has 0 bridgehead atoms. The number of benzene rings is 2. The summed E-state index contributed by atoms with van der Waals surface area (Å²) < 4.78 is 5.62. The highest BCUT2D eigenvalue weighted by atomic mass is 16.5. The van der Waals surface area contributed by atoms with E-state index in [1.54, 1.807) is 6.07 Å². The van der Waals surface area contributed by atoms with Gasteiger partial charge < -0.3 is 29.9 Å². The minimum Gasteiger partial charge on any atom is -0.494 e. The molecule has 1 amide bonds. The predicted octanol–water partition coefficient (Wildman–Crippen LogP) is 4.31. The van der Waals surface area contributed by atoms with Crippen LogP contribution in [0.4, 0.5) is 11.4 Å². The molecule has 2 aromatic carbocycles. The smallest absolute Gasteiger partial charge is 0.251 e. The van der Waals surface area contributed by atoms with Crippen LogP contribution in [0.25, 0.3) is 10.9 Å². The van der Waals surface area contributed by atoms with Crippen molar-refractivity contribution in [2.75, 3.05) is 51.3 Å². The molecule has 0 radical (unpaired) electrons. The fourth-order valence-electron chi connectivity index (χ4n) is 6.37. The molecule has 8 nitrogen and oxygen atoms in total. The number of fused-ring (bicyclic) bond motifs is 2. The molecule has 3 N–H and O–H groups in total. The summed E-state index contributed by atoms with van der Waals surface area (Å²) in [7, 11) is 2.22. The lowest BCUT2D eigenvalue weighted by atomic mass is 10.0. The van der Waals surface area contributed by atoms with Gasteiger partial charge in [0, 0.05) is 61.5 Å². The molecule has 3 aliphatic heterocycles. The highest BCUT2D eigenvalue weighted by molar-refractivity contribution is 6.14. The van der Waals surface area contributed by atoms with Crippen molar-refractivity contribution in [1.82, 2.24) is 15.2 Å². The van der Waals surface area contributed by atoms with E-state index in [0.29, 0.717) is 24.1 Å². The van der Waals surface area contributed by atoms with Gasteiger partial charge in [0.1, 0.15) is 0 Å². The molecule has 3 aromatic rings. The number of aromatic nitrogens is 1. The van der Waals surface area contributed by atoms with Gasteiger partial charge in [0.15, 0.2) is 5.88 Å². The largest absolute Gasteiger partial charge is 0.494 e. The van der Waals surface area contributed by atoms with Crippen LogP contribution in [0.1, 0.15) is 42.1 Å². The first-order valence-corrected chi connectivity index (χ1v) is 13.8. The average Bonchev–Trinajstić information content (AvgIpc) is 3.69. The lowest BCUT2D eigenvalue weighted by molar-refractivity contribution is 0.0858. The molecule has 3 saturated heterocycles. The van der Waals surface area contributed by atoms with Crippen LogP contribution in [-0.4, -0.2) is 79.1 Å². The first-order valence-electron chi connectivity index (χ1n) is 13.8. The molecule has 4 heterocycles. The number of ether oxygens (including phenoxy) is 1. The maximum absolute atomic E-state index is 12.8. The topological polar surface area (TPSA) is 93.2 Å². The second-order valence-electron chi connectivity index (χ2n) is 11.0.